The highest BCUT2D eigenvalue weighted by Gasteiger charge is 2.19. The van der Waals surface area contributed by atoms with Gasteiger partial charge < -0.3 is 4.74 Å². The average Bonchev–Trinajstić information content (AvgIpc) is 2.40. The number of piperidine rings is 1. The van der Waals surface area contributed by atoms with Crippen molar-refractivity contribution >= 4 is 27.5 Å². The summed E-state index contributed by atoms with van der Waals surface area (Å²) in [7, 11) is 1.71. The van der Waals surface area contributed by atoms with Crippen LogP contribution in [0.15, 0.2) is 18.2 Å². The quantitative estimate of drug-likeness (QED) is 0.774. The molecule has 1 fully saturated rings. The van der Waals surface area contributed by atoms with E-state index in [1.165, 1.54) is 18.4 Å². The molecule has 0 amide bonds. The van der Waals surface area contributed by atoms with E-state index < -0.39 is 0 Å². The third-order valence-corrected chi connectivity index (χ3v) is 4.71. The fourth-order valence-corrected chi connectivity index (χ4v) is 3.25. The molecule has 1 heterocycles. The van der Waals surface area contributed by atoms with E-state index in [2.05, 4.69) is 20.8 Å². The van der Waals surface area contributed by atoms with E-state index in [1.54, 1.807) is 7.11 Å². The minimum atomic E-state index is 0.779. The van der Waals surface area contributed by atoms with Crippen molar-refractivity contribution in [3.05, 3.63) is 28.8 Å². The topological polar surface area (TPSA) is 12.5 Å². The lowest BCUT2D eigenvalue weighted by molar-refractivity contribution is 0.186. The van der Waals surface area contributed by atoms with Gasteiger partial charge in [-0.3, -0.25) is 4.90 Å². The molecule has 0 spiro atoms. The lowest BCUT2D eigenvalue weighted by Gasteiger charge is -2.31. The van der Waals surface area contributed by atoms with Gasteiger partial charge in [0.1, 0.15) is 5.75 Å². The van der Waals surface area contributed by atoms with Crippen LogP contribution in [0.4, 0.5) is 0 Å². The number of hydrogen-bond acceptors (Lipinski definition) is 2. The molecule has 2 rings (SSSR count). The van der Waals surface area contributed by atoms with E-state index >= 15 is 0 Å². The number of rotatable bonds is 4. The van der Waals surface area contributed by atoms with Crippen LogP contribution in [0.25, 0.3) is 0 Å². The number of nitrogens with zero attached hydrogens (tertiary/aromatic N) is 1. The van der Waals surface area contributed by atoms with Gasteiger partial charge in [-0.1, -0.05) is 27.5 Å². The molecule has 0 N–H and O–H groups in total. The molecule has 1 aliphatic rings. The van der Waals surface area contributed by atoms with Crippen LogP contribution >= 0.6 is 27.5 Å². The van der Waals surface area contributed by atoms with Crippen LogP contribution in [-0.2, 0) is 6.54 Å². The Hall–Kier alpha value is -0.250. The lowest BCUT2D eigenvalue weighted by Crippen LogP contribution is -2.33. The van der Waals surface area contributed by atoms with Gasteiger partial charge in [0.2, 0.25) is 0 Å². The molecule has 0 radical (unpaired) electrons. The first kappa shape index (κ1) is 14.2. The van der Waals surface area contributed by atoms with Crippen LogP contribution in [-0.4, -0.2) is 30.4 Å². The van der Waals surface area contributed by atoms with Crippen LogP contribution in [0.5, 0.6) is 5.75 Å². The van der Waals surface area contributed by atoms with Crippen LogP contribution in [0.1, 0.15) is 18.4 Å². The van der Waals surface area contributed by atoms with Crippen molar-refractivity contribution in [1.29, 1.82) is 0 Å². The molecular formula is C14H19BrClNO. The fourth-order valence-electron chi connectivity index (χ4n) is 2.41. The van der Waals surface area contributed by atoms with Crippen molar-refractivity contribution < 1.29 is 4.74 Å². The van der Waals surface area contributed by atoms with Gasteiger partial charge in [-0.15, -0.1) is 0 Å². The van der Waals surface area contributed by atoms with Crippen molar-refractivity contribution in [2.45, 2.75) is 19.4 Å². The number of ether oxygens (including phenoxy) is 1. The lowest BCUT2D eigenvalue weighted by atomic mass is 9.98. The number of benzene rings is 1. The second kappa shape index (κ2) is 6.78. The van der Waals surface area contributed by atoms with E-state index in [9.17, 15) is 0 Å². The highest BCUT2D eigenvalue weighted by molar-refractivity contribution is 9.09. The number of likely N-dealkylation sites (tertiary alicyclic amines) is 1. The predicted octanol–water partition coefficient (Wildman–Crippen LogP) is 3.96. The van der Waals surface area contributed by atoms with Gasteiger partial charge in [-0.25, -0.2) is 0 Å². The Labute approximate surface area is 122 Å². The zero-order chi connectivity index (χ0) is 13.0. The molecule has 1 aliphatic heterocycles. The third kappa shape index (κ3) is 3.62. The zero-order valence-corrected chi connectivity index (χ0v) is 13.0. The first-order valence-corrected chi connectivity index (χ1v) is 7.83. The fraction of sp³-hybridized carbons (Fsp3) is 0.571. The molecule has 100 valence electrons. The molecule has 0 unspecified atom stereocenters. The normalized spacial score (nSPS) is 17.9. The number of hydrogen-bond donors (Lipinski definition) is 0. The molecule has 0 bridgehead atoms. The Bertz CT molecular complexity index is 391. The van der Waals surface area contributed by atoms with Crippen LogP contribution in [0.3, 0.4) is 0 Å². The summed E-state index contributed by atoms with van der Waals surface area (Å²) in [5, 5.41) is 1.91. The van der Waals surface area contributed by atoms with E-state index in [-0.39, 0.29) is 0 Å². The van der Waals surface area contributed by atoms with Crippen molar-refractivity contribution in [2.24, 2.45) is 5.92 Å². The van der Waals surface area contributed by atoms with Gasteiger partial charge in [0.25, 0.3) is 0 Å². The maximum atomic E-state index is 6.06. The minimum absolute atomic E-state index is 0.779. The van der Waals surface area contributed by atoms with Crippen molar-refractivity contribution in [2.75, 3.05) is 25.5 Å². The maximum absolute atomic E-state index is 6.06. The monoisotopic (exact) mass is 331 g/mol. The maximum Gasteiger partial charge on any atom is 0.123 e. The molecular weight excluding hydrogens is 314 g/mol. The average molecular weight is 333 g/mol. The summed E-state index contributed by atoms with van der Waals surface area (Å²) in [6.07, 6.45) is 2.54. The predicted molar refractivity (Wildman–Crippen MR) is 79.8 cm³/mol. The van der Waals surface area contributed by atoms with Gasteiger partial charge in [0.15, 0.2) is 0 Å². The van der Waals surface area contributed by atoms with Crippen molar-refractivity contribution in [3.63, 3.8) is 0 Å². The van der Waals surface area contributed by atoms with Gasteiger partial charge >= 0.3 is 0 Å². The molecule has 0 saturated carbocycles. The smallest absolute Gasteiger partial charge is 0.123 e. The first-order chi connectivity index (χ1) is 8.72. The Morgan fingerprint density at radius 2 is 2.11 bits per heavy atom. The summed E-state index contributed by atoms with van der Waals surface area (Å²) in [6, 6.07) is 5.83. The van der Waals surface area contributed by atoms with E-state index in [0.717, 1.165) is 41.7 Å². The van der Waals surface area contributed by atoms with Crippen LogP contribution < -0.4 is 4.74 Å². The van der Waals surface area contributed by atoms with Crippen molar-refractivity contribution in [3.8, 4) is 5.75 Å². The summed E-state index contributed by atoms with van der Waals surface area (Å²) in [6.45, 7) is 3.25. The van der Waals surface area contributed by atoms with Gasteiger partial charge in [-0.2, -0.15) is 0 Å². The number of halogens is 2. The molecule has 4 heteroatoms. The second-order valence-electron chi connectivity index (χ2n) is 4.83. The summed E-state index contributed by atoms with van der Waals surface area (Å²) < 4.78 is 5.39. The van der Waals surface area contributed by atoms with E-state index in [1.807, 2.05) is 18.2 Å². The van der Waals surface area contributed by atoms with Gasteiger partial charge in [0, 0.05) is 22.5 Å². The van der Waals surface area contributed by atoms with Gasteiger partial charge in [0.05, 0.1) is 7.11 Å². The highest BCUT2D eigenvalue weighted by Crippen LogP contribution is 2.26. The summed E-state index contributed by atoms with van der Waals surface area (Å²) in [4.78, 5) is 2.48. The van der Waals surface area contributed by atoms with Crippen LogP contribution in [0.2, 0.25) is 5.02 Å². The summed E-state index contributed by atoms with van der Waals surface area (Å²) >= 11 is 9.63. The molecule has 1 aromatic rings. The molecule has 1 saturated heterocycles. The van der Waals surface area contributed by atoms with Crippen LogP contribution in [0, 0.1) is 5.92 Å². The van der Waals surface area contributed by atoms with E-state index in [0.29, 0.717) is 0 Å². The van der Waals surface area contributed by atoms with Crippen molar-refractivity contribution in [1.82, 2.24) is 4.90 Å². The molecule has 0 atom stereocenters. The summed E-state index contributed by atoms with van der Waals surface area (Å²) in [5.74, 6) is 1.77. The number of methoxy groups -OCH3 is 1. The molecule has 18 heavy (non-hydrogen) atoms. The largest absolute Gasteiger partial charge is 0.496 e. The third-order valence-electron chi connectivity index (χ3n) is 3.56. The van der Waals surface area contributed by atoms with E-state index in [4.69, 9.17) is 16.3 Å². The summed E-state index contributed by atoms with van der Waals surface area (Å²) in [5.41, 5.74) is 1.18. The Kier molecular flexibility index (Phi) is 5.34. The molecule has 0 aromatic heterocycles. The highest BCUT2D eigenvalue weighted by atomic mass is 79.9. The minimum Gasteiger partial charge on any atom is -0.496 e. The molecule has 0 aliphatic carbocycles. The second-order valence-corrected chi connectivity index (χ2v) is 5.91. The molecule has 2 nitrogen and oxygen atoms in total. The molecule has 1 aromatic carbocycles. The Morgan fingerprint density at radius 3 is 2.72 bits per heavy atom. The zero-order valence-electron chi connectivity index (χ0n) is 10.7. The SMILES string of the molecule is COc1ccc(Cl)cc1CN1CCC(CBr)CC1. The Balaban J connectivity index is 1.99. The number of alkyl halides is 1. The first-order valence-electron chi connectivity index (χ1n) is 6.33. The standard InChI is InChI=1S/C14H19BrClNO/c1-18-14-3-2-13(16)8-12(14)10-17-6-4-11(9-15)5-7-17/h2-3,8,11H,4-7,9-10H2,1H3. The van der Waals surface area contributed by atoms with Gasteiger partial charge in [-0.05, 0) is 50.0 Å². The Morgan fingerprint density at radius 1 is 1.39 bits per heavy atom.